The first kappa shape index (κ1) is 20.6. The van der Waals surface area contributed by atoms with Gasteiger partial charge in [-0.3, -0.25) is 4.79 Å². The van der Waals surface area contributed by atoms with Gasteiger partial charge in [-0.05, 0) is 69.4 Å². The summed E-state index contributed by atoms with van der Waals surface area (Å²) < 4.78 is 27.2. The predicted molar refractivity (Wildman–Crippen MR) is 111 cm³/mol. The lowest BCUT2D eigenvalue weighted by molar-refractivity contribution is 0.0939. The highest BCUT2D eigenvalue weighted by Gasteiger charge is 2.28. The minimum atomic E-state index is -3.55. The molecule has 150 valence electrons. The topological polar surface area (TPSA) is 66.5 Å². The van der Waals surface area contributed by atoms with Crippen molar-refractivity contribution in [2.75, 3.05) is 13.1 Å². The van der Waals surface area contributed by atoms with Crippen LogP contribution in [0.2, 0.25) is 0 Å². The Balaban J connectivity index is 1.85. The van der Waals surface area contributed by atoms with Crippen LogP contribution in [0.5, 0.6) is 0 Å². The third kappa shape index (κ3) is 4.13. The number of nitrogens with zero attached hydrogens (tertiary/aromatic N) is 1. The zero-order chi connectivity index (χ0) is 20.5. The van der Waals surface area contributed by atoms with Crippen LogP contribution in [0.15, 0.2) is 41.3 Å². The highest BCUT2D eigenvalue weighted by Crippen LogP contribution is 2.24. The Morgan fingerprint density at radius 3 is 2.32 bits per heavy atom. The maximum Gasteiger partial charge on any atom is 0.252 e. The van der Waals surface area contributed by atoms with Crippen molar-refractivity contribution in [1.82, 2.24) is 9.62 Å². The number of aryl methyl sites for hydroxylation is 3. The van der Waals surface area contributed by atoms with E-state index in [-0.39, 0.29) is 16.8 Å². The molecule has 2 aromatic rings. The van der Waals surface area contributed by atoms with Crippen molar-refractivity contribution in [2.24, 2.45) is 0 Å². The second kappa shape index (κ2) is 8.05. The van der Waals surface area contributed by atoms with Crippen molar-refractivity contribution in [2.45, 2.75) is 51.5 Å². The number of carbonyl (C=O) groups is 1. The van der Waals surface area contributed by atoms with Gasteiger partial charge in [0.05, 0.1) is 10.9 Å². The number of rotatable bonds is 5. The average Bonchev–Trinajstić information content (AvgIpc) is 3.17. The Morgan fingerprint density at radius 1 is 1.00 bits per heavy atom. The number of benzene rings is 2. The van der Waals surface area contributed by atoms with Crippen molar-refractivity contribution in [1.29, 1.82) is 0 Å². The van der Waals surface area contributed by atoms with Crippen molar-refractivity contribution < 1.29 is 13.2 Å². The number of nitrogens with one attached hydrogen (secondary N) is 1. The van der Waals surface area contributed by atoms with E-state index in [1.54, 1.807) is 12.1 Å². The fourth-order valence-electron chi connectivity index (χ4n) is 3.75. The minimum absolute atomic E-state index is 0.175. The fraction of sp³-hybridized carbons (Fsp3) is 0.409. The van der Waals surface area contributed by atoms with Gasteiger partial charge in [-0.1, -0.05) is 29.8 Å². The average molecular weight is 401 g/mol. The molecule has 1 fully saturated rings. The largest absolute Gasteiger partial charge is 0.345 e. The van der Waals surface area contributed by atoms with E-state index in [4.69, 9.17) is 0 Å². The molecule has 28 heavy (non-hydrogen) atoms. The molecule has 1 unspecified atom stereocenters. The SMILES string of the molecule is Cc1ccc(C(C)NC(=O)c2cc(S(=O)(=O)N3CCCC3)ccc2C)c(C)c1. The van der Waals surface area contributed by atoms with Gasteiger partial charge in [0, 0.05) is 18.7 Å². The van der Waals surface area contributed by atoms with Crippen LogP contribution in [0.1, 0.15) is 58.4 Å². The Labute approximate surface area is 167 Å². The molecule has 6 heteroatoms. The lowest BCUT2D eigenvalue weighted by atomic mass is 9.99. The molecule has 1 aliphatic heterocycles. The summed E-state index contributed by atoms with van der Waals surface area (Å²) in [5.74, 6) is -0.261. The van der Waals surface area contributed by atoms with Gasteiger partial charge in [-0.15, -0.1) is 0 Å². The molecule has 0 aromatic heterocycles. The number of sulfonamides is 1. The number of hydrogen-bond acceptors (Lipinski definition) is 3. The summed E-state index contributed by atoms with van der Waals surface area (Å²) in [6, 6.07) is 10.8. The van der Waals surface area contributed by atoms with Crippen LogP contribution in [-0.4, -0.2) is 31.7 Å². The molecule has 1 N–H and O–H groups in total. The first-order valence-electron chi connectivity index (χ1n) is 9.69. The predicted octanol–water partition coefficient (Wildman–Crippen LogP) is 3.89. The molecule has 0 saturated carbocycles. The zero-order valence-corrected chi connectivity index (χ0v) is 17.8. The van der Waals surface area contributed by atoms with Crippen LogP contribution >= 0.6 is 0 Å². The minimum Gasteiger partial charge on any atom is -0.345 e. The van der Waals surface area contributed by atoms with Gasteiger partial charge in [-0.25, -0.2) is 8.42 Å². The third-order valence-corrected chi connectivity index (χ3v) is 7.29. The number of hydrogen-bond donors (Lipinski definition) is 1. The smallest absolute Gasteiger partial charge is 0.252 e. The van der Waals surface area contributed by atoms with E-state index in [2.05, 4.69) is 11.4 Å². The molecule has 1 aliphatic rings. The first-order chi connectivity index (χ1) is 13.2. The van der Waals surface area contributed by atoms with Gasteiger partial charge < -0.3 is 5.32 Å². The van der Waals surface area contributed by atoms with E-state index >= 15 is 0 Å². The highest BCUT2D eigenvalue weighted by molar-refractivity contribution is 7.89. The van der Waals surface area contributed by atoms with Crippen LogP contribution in [0.25, 0.3) is 0 Å². The van der Waals surface area contributed by atoms with Gasteiger partial charge in [0.2, 0.25) is 10.0 Å². The van der Waals surface area contributed by atoms with E-state index in [0.717, 1.165) is 29.5 Å². The second-order valence-corrected chi connectivity index (χ2v) is 9.58. The van der Waals surface area contributed by atoms with Crippen LogP contribution in [0.3, 0.4) is 0 Å². The molecule has 1 atom stereocenters. The van der Waals surface area contributed by atoms with Gasteiger partial charge in [-0.2, -0.15) is 4.31 Å². The summed E-state index contributed by atoms with van der Waals surface area (Å²) in [5, 5.41) is 3.01. The zero-order valence-electron chi connectivity index (χ0n) is 17.0. The fourth-order valence-corrected chi connectivity index (χ4v) is 5.29. The molecule has 1 saturated heterocycles. The Kier molecular flexibility index (Phi) is 5.91. The quantitative estimate of drug-likeness (QED) is 0.828. The summed E-state index contributed by atoms with van der Waals surface area (Å²) in [7, 11) is -3.55. The monoisotopic (exact) mass is 400 g/mol. The number of carbonyl (C=O) groups excluding carboxylic acids is 1. The maximum absolute atomic E-state index is 12.9. The standard InChI is InChI=1S/C22H28N2O3S/c1-15-7-10-20(17(3)13-15)18(4)23-22(25)21-14-19(9-8-16(21)2)28(26,27)24-11-5-6-12-24/h7-10,13-14,18H,5-6,11-12H2,1-4H3,(H,23,25). The van der Waals surface area contributed by atoms with Gasteiger partial charge in [0.15, 0.2) is 0 Å². The van der Waals surface area contributed by atoms with E-state index in [1.165, 1.54) is 15.9 Å². The summed E-state index contributed by atoms with van der Waals surface area (Å²) in [5.41, 5.74) is 4.50. The molecule has 3 rings (SSSR count). The molecule has 0 bridgehead atoms. The summed E-state index contributed by atoms with van der Waals surface area (Å²) in [6.07, 6.45) is 1.76. The van der Waals surface area contributed by atoms with Crippen molar-refractivity contribution >= 4 is 15.9 Å². The molecule has 0 radical (unpaired) electrons. The van der Waals surface area contributed by atoms with E-state index in [1.807, 2.05) is 39.8 Å². The van der Waals surface area contributed by atoms with Crippen LogP contribution in [-0.2, 0) is 10.0 Å². The Bertz CT molecular complexity index is 993. The van der Waals surface area contributed by atoms with Crippen LogP contribution in [0, 0.1) is 20.8 Å². The van der Waals surface area contributed by atoms with Gasteiger partial charge in [0.25, 0.3) is 5.91 Å². The molecule has 5 nitrogen and oxygen atoms in total. The lowest BCUT2D eigenvalue weighted by Gasteiger charge is -2.19. The van der Waals surface area contributed by atoms with Crippen molar-refractivity contribution in [3.8, 4) is 0 Å². The highest BCUT2D eigenvalue weighted by atomic mass is 32.2. The number of amides is 1. The van der Waals surface area contributed by atoms with E-state index in [9.17, 15) is 13.2 Å². The summed E-state index contributed by atoms with van der Waals surface area (Å²) in [6.45, 7) is 8.91. The Morgan fingerprint density at radius 2 is 1.68 bits per heavy atom. The van der Waals surface area contributed by atoms with Crippen molar-refractivity contribution in [3.63, 3.8) is 0 Å². The molecule has 0 aliphatic carbocycles. The lowest BCUT2D eigenvalue weighted by Crippen LogP contribution is -2.30. The van der Waals surface area contributed by atoms with Crippen molar-refractivity contribution in [3.05, 3.63) is 64.2 Å². The van der Waals surface area contributed by atoms with E-state index < -0.39 is 10.0 Å². The van der Waals surface area contributed by atoms with E-state index in [0.29, 0.717) is 18.7 Å². The summed E-state index contributed by atoms with van der Waals surface area (Å²) in [4.78, 5) is 13.1. The molecule has 1 amide bonds. The molecular weight excluding hydrogens is 372 g/mol. The van der Waals surface area contributed by atoms with Gasteiger partial charge in [0.1, 0.15) is 0 Å². The third-order valence-electron chi connectivity index (χ3n) is 5.40. The maximum atomic E-state index is 12.9. The second-order valence-electron chi connectivity index (χ2n) is 7.64. The molecule has 2 aromatic carbocycles. The molecule has 0 spiro atoms. The van der Waals surface area contributed by atoms with Crippen LogP contribution in [0.4, 0.5) is 0 Å². The summed E-state index contributed by atoms with van der Waals surface area (Å²) >= 11 is 0. The first-order valence-corrected chi connectivity index (χ1v) is 11.1. The molecular formula is C22H28N2O3S. The van der Waals surface area contributed by atoms with Crippen LogP contribution < -0.4 is 5.32 Å². The normalized spacial score (nSPS) is 16.1. The Hall–Kier alpha value is -2.18. The van der Waals surface area contributed by atoms with Gasteiger partial charge >= 0.3 is 0 Å². The molecule has 1 heterocycles.